The van der Waals surface area contributed by atoms with Crippen molar-refractivity contribution in [3.05, 3.63) is 95.7 Å². The molecule has 3 heterocycles. The number of fused-ring (bicyclic) bond motifs is 2. The molecule has 3 aliphatic rings. The maximum Gasteiger partial charge on any atom is 0.255 e. The number of amides is 1. The number of H-pyrrole nitrogens is 1. The molecule has 0 radical (unpaired) electrons. The molecule has 1 aromatic heterocycles. The van der Waals surface area contributed by atoms with Gasteiger partial charge in [0.1, 0.15) is 0 Å². The Labute approximate surface area is 230 Å². The van der Waals surface area contributed by atoms with Crippen molar-refractivity contribution in [2.24, 2.45) is 5.92 Å². The van der Waals surface area contributed by atoms with Crippen molar-refractivity contribution in [2.45, 2.75) is 51.0 Å². The van der Waals surface area contributed by atoms with E-state index in [1.54, 1.807) is 0 Å². The van der Waals surface area contributed by atoms with Gasteiger partial charge in [-0.1, -0.05) is 18.2 Å². The molecule has 0 bridgehead atoms. The van der Waals surface area contributed by atoms with E-state index in [-0.39, 0.29) is 5.91 Å². The van der Waals surface area contributed by atoms with Gasteiger partial charge < -0.3 is 19.9 Å². The van der Waals surface area contributed by atoms with E-state index >= 15 is 0 Å². The Kier molecular flexibility index (Phi) is 6.59. The second-order valence-electron chi connectivity index (χ2n) is 11.5. The largest absolute Gasteiger partial charge is 0.374 e. The highest BCUT2D eigenvalue weighted by Gasteiger charge is 2.41. The number of aromatic nitrogens is 1. The number of likely N-dealkylation sites (tertiary alicyclic amines) is 1. The lowest BCUT2D eigenvalue weighted by Crippen LogP contribution is -2.35. The molecular formula is C33H36N4O2. The molecule has 0 spiro atoms. The third-order valence-corrected chi connectivity index (χ3v) is 8.86. The topological polar surface area (TPSA) is 60.6 Å². The summed E-state index contributed by atoms with van der Waals surface area (Å²) in [5.74, 6) is 0.627. The van der Waals surface area contributed by atoms with Gasteiger partial charge >= 0.3 is 0 Å². The second kappa shape index (κ2) is 10.5. The molecule has 2 aliphatic heterocycles. The van der Waals surface area contributed by atoms with Crippen molar-refractivity contribution in [3.8, 4) is 0 Å². The predicted molar refractivity (Wildman–Crippen MR) is 156 cm³/mol. The zero-order chi connectivity index (χ0) is 26.2. The number of hydrogen-bond donors (Lipinski definition) is 2. The van der Waals surface area contributed by atoms with E-state index in [9.17, 15) is 4.79 Å². The Morgan fingerprint density at radius 3 is 2.54 bits per heavy atom. The summed E-state index contributed by atoms with van der Waals surface area (Å²) in [6.45, 7) is 4.97. The van der Waals surface area contributed by atoms with Crippen LogP contribution in [0.4, 0.5) is 11.4 Å². The van der Waals surface area contributed by atoms with Crippen LogP contribution in [0, 0.1) is 5.92 Å². The Balaban J connectivity index is 0.940. The van der Waals surface area contributed by atoms with Gasteiger partial charge in [0, 0.05) is 60.9 Å². The third kappa shape index (κ3) is 5.19. The first-order valence-electron chi connectivity index (χ1n) is 14.3. The number of nitrogens with zero attached hydrogens (tertiary/aromatic N) is 2. The molecule has 1 amide bonds. The lowest BCUT2D eigenvalue weighted by Gasteiger charge is -2.27. The van der Waals surface area contributed by atoms with Gasteiger partial charge in [0.2, 0.25) is 0 Å². The molecule has 1 aliphatic carbocycles. The van der Waals surface area contributed by atoms with Crippen LogP contribution in [-0.2, 0) is 17.9 Å². The molecule has 3 fully saturated rings. The standard InChI is InChI=1S/C33H36N4O2/c38-33(25-7-4-23(5-8-25)22-39-30-2-1-3-30)35-28-9-11-29(12-10-28)37-17-15-27-20-36(21-32(27)37)19-24-6-13-31-26(18-24)14-16-34-31/h4-14,16,18,27,30,32,34H,1-3,15,17,19-22H2,(H,35,38)/t27-,32+/m1/s1. The maximum absolute atomic E-state index is 12.8. The van der Waals surface area contributed by atoms with Crippen molar-refractivity contribution in [1.29, 1.82) is 0 Å². The molecule has 3 aromatic carbocycles. The minimum atomic E-state index is -0.0836. The van der Waals surface area contributed by atoms with Gasteiger partial charge in [-0.05, 0) is 103 Å². The Bertz CT molecular complexity index is 1440. The predicted octanol–water partition coefficient (Wildman–Crippen LogP) is 6.20. The SMILES string of the molecule is O=C(Nc1ccc(N2CC[C@@H]3CN(Cc4ccc5[nH]ccc5c4)C[C@@H]32)cc1)c1ccc(COC2CCC2)cc1. The monoisotopic (exact) mass is 520 g/mol. The average Bonchev–Trinajstić information content (AvgIpc) is 3.65. The van der Waals surface area contributed by atoms with Gasteiger partial charge in [0.05, 0.1) is 12.7 Å². The van der Waals surface area contributed by atoms with E-state index in [1.807, 2.05) is 42.6 Å². The molecule has 6 heteroatoms. The zero-order valence-electron chi connectivity index (χ0n) is 22.3. The number of hydrogen-bond acceptors (Lipinski definition) is 4. The van der Waals surface area contributed by atoms with Crippen molar-refractivity contribution < 1.29 is 9.53 Å². The summed E-state index contributed by atoms with van der Waals surface area (Å²) in [5.41, 5.74) is 6.42. The summed E-state index contributed by atoms with van der Waals surface area (Å²) in [5, 5.41) is 4.34. The molecule has 200 valence electrons. The van der Waals surface area contributed by atoms with Crippen LogP contribution in [0.5, 0.6) is 0 Å². The number of ether oxygens (including phenoxy) is 1. The molecule has 2 N–H and O–H groups in total. The van der Waals surface area contributed by atoms with Crippen LogP contribution in [0.1, 0.15) is 47.2 Å². The number of nitrogens with one attached hydrogen (secondary N) is 2. The van der Waals surface area contributed by atoms with Crippen LogP contribution in [0.25, 0.3) is 10.9 Å². The second-order valence-corrected chi connectivity index (χ2v) is 11.5. The lowest BCUT2D eigenvalue weighted by molar-refractivity contribution is -0.00866. The highest BCUT2D eigenvalue weighted by atomic mass is 16.5. The van der Waals surface area contributed by atoms with E-state index in [0.717, 1.165) is 37.4 Å². The van der Waals surface area contributed by atoms with Crippen LogP contribution in [0.3, 0.4) is 0 Å². The minimum Gasteiger partial charge on any atom is -0.374 e. The fourth-order valence-corrected chi connectivity index (χ4v) is 6.40. The van der Waals surface area contributed by atoms with Crippen molar-refractivity contribution in [3.63, 3.8) is 0 Å². The lowest BCUT2D eigenvalue weighted by atomic mass is 9.96. The molecule has 2 atom stereocenters. The van der Waals surface area contributed by atoms with E-state index in [1.165, 1.54) is 47.8 Å². The quantitative estimate of drug-likeness (QED) is 0.290. The third-order valence-electron chi connectivity index (χ3n) is 8.86. The summed E-state index contributed by atoms with van der Waals surface area (Å²) in [6.07, 6.45) is 7.27. The summed E-state index contributed by atoms with van der Waals surface area (Å²) in [6, 6.07) is 25.6. The molecule has 2 saturated heterocycles. The average molecular weight is 521 g/mol. The Morgan fingerprint density at radius 2 is 1.74 bits per heavy atom. The van der Waals surface area contributed by atoms with Crippen LogP contribution in [0.15, 0.2) is 79.0 Å². The van der Waals surface area contributed by atoms with Crippen LogP contribution >= 0.6 is 0 Å². The molecular weight excluding hydrogens is 484 g/mol. The number of carbonyl (C=O) groups excluding carboxylic acids is 1. The van der Waals surface area contributed by atoms with Crippen LogP contribution < -0.4 is 10.2 Å². The molecule has 39 heavy (non-hydrogen) atoms. The summed E-state index contributed by atoms with van der Waals surface area (Å²) >= 11 is 0. The van der Waals surface area contributed by atoms with E-state index in [4.69, 9.17) is 4.74 Å². The highest BCUT2D eigenvalue weighted by Crippen LogP contribution is 2.36. The summed E-state index contributed by atoms with van der Waals surface area (Å²) < 4.78 is 5.87. The first-order chi connectivity index (χ1) is 19.2. The molecule has 6 nitrogen and oxygen atoms in total. The van der Waals surface area contributed by atoms with Crippen LogP contribution in [0.2, 0.25) is 0 Å². The van der Waals surface area contributed by atoms with E-state index in [2.05, 4.69) is 56.5 Å². The van der Waals surface area contributed by atoms with Crippen molar-refractivity contribution >= 4 is 28.2 Å². The number of benzene rings is 3. The fourth-order valence-electron chi connectivity index (χ4n) is 6.40. The van der Waals surface area contributed by atoms with Crippen molar-refractivity contribution in [1.82, 2.24) is 9.88 Å². The van der Waals surface area contributed by atoms with Gasteiger partial charge in [-0.2, -0.15) is 0 Å². The number of carbonyl (C=O) groups is 1. The number of aromatic amines is 1. The van der Waals surface area contributed by atoms with Gasteiger partial charge in [-0.25, -0.2) is 0 Å². The molecule has 1 saturated carbocycles. The summed E-state index contributed by atoms with van der Waals surface area (Å²) in [4.78, 5) is 21.3. The zero-order valence-corrected chi connectivity index (χ0v) is 22.3. The number of rotatable bonds is 8. The van der Waals surface area contributed by atoms with Crippen LogP contribution in [-0.4, -0.2) is 47.6 Å². The smallest absolute Gasteiger partial charge is 0.255 e. The van der Waals surface area contributed by atoms with Gasteiger partial charge in [0.25, 0.3) is 5.91 Å². The van der Waals surface area contributed by atoms with E-state index < -0.39 is 0 Å². The Morgan fingerprint density at radius 1 is 0.923 bits per heavy atom. The minimum absolute atomic E-state index is 0.0836. The molecule has 4 aromatic rings. The first-order valence-corrected chi connectivity index (χ1v) is 14.3. The van der Waals surface area contributed by atoms with E-state index in [0.29, 0.717) is 30.2 Å². The molecule has 7 rings (SSSR count). The highest BCUT2D eigenvalue weighted by molar-refractivity contribution is 6.04. The maximum atomic E-state index is 12.8. The molecule has 0 unspecified atom stereocenters. The van der Waals surface area contributed by atoms with Gasteiger partial charge in [0.15, 0.2) is 0 Å². The Hall–Kier alpha value is -3.61. The normalized spacial score (nSPS) is 21.3. The van der Waals surface area contributed by atoms with Crippen molar-refractivity contribution in [2.75, 3.05) is 29.9 Å². The van der Waals surface area contributed by atoms with Gasteiger partial charge in [-0.3, -0.25) is 9.69 Å². The summed E-state index contributed by atoms with van der Waals surface area (Å²) in [7, 11) is 0. The number of anilines is 2. The van der Waals surface area contributed by atoms with Gasteiger partial charge in [-0.15, -0.1) is 0 Å². The fraction of sp³-hybridized carbons (Fsp3) is 0.364. The first kappa shape index (κ1) is 24.4.